The van der Waals surface area contributed by atoms with Gasteiger partial charge in [-0.05, 0) is 56.6 Å². The van der Waals surface area contributed by atoms with Gasteiger partial charge in [-0.25, -0.2) is 0 Å². The standard InChI is InChI=1S/C24H26F2N4O4/c25-23(26)20-2-1-3-21(30(20)33)24(32)27-19-10-15-12-29(16-6-8-17(31)9-7-16)28-18(15)11-22(19)34-13-14-4-5-14/h1-3,10-12,14,16-17,23,31H,4-9,13H2,(H-,27,32,33)/p+1. The molecule has 0 unspecified atom stereocenters. The number of ether oxygens (including phenoxy) is 1. The predicted octanol–water partition coefficient (Wildman–Crippen LogP) is 4.02. The molecular formula is C24H27F2N4O4+. The maximum absolute atomic E-state index is 13.1. The van der Waals surface area contributed by atoms with Crippen LogP contribution in [0.4, 0.5) is 14.5 Å². The summed E-state index contributed by atoms with van der Waals surface area (Å²) in [4.78, 5) is 12.9. The van der Waals surface area contributed by atoms with Gasteiger partial charge in [0.25, 0.3) is 0 Å². The first-order valence-electron chi connectivity index (χ1n) is 11.6. The van der Waals surface area contributed by atoms with Crippen molar-refractivity contribution >= 4 is 22.5 Å². The molecule has 0 saturated heterocycles. The van der Waals surface area contributed by atoms with Gasteiger partial charge < -0.3 is 15.2 Å². The fraction of sp³-hybridized carbons (Fsp3) is 0.458. The van der Waals surface area contributed by atoms with Gasteiger partial charge in [0, 0.05) is 34.5 Å². The first kappa shape index (κ1) is 22.5. The summed E-state index contributed by atoms with van der Waals surface area (Å²) in [5, 5.41) is 28.1. The minimum atomic E-state index is -2.93. The molecule has 2 aromatic heterocycles. The van der Waals surface area contributed by atoms with Crippen LogP contribution in [0, 0.1) is 5.92 Å². The Bertz CT molecular complexity index is 1200. The number of pyridine rings is 1. The normalized spacial score (nSPS) is 20.6. The molecule has 10 heteroatoms. The van der Waals surface area contributed by atoms with Gasteiger partial charge in [0.2, 0.25) is 0 Å². The number of anilines is 1. The lowest BCUT2D eigenvalue weighted by Gasteiger charge is -2.25. The Morgan fingerprint density at radius 1 is 1.21 bits per heavy atom. The van der Waals surface area contributed by atoms with E-state index in [4.69, 9.17) is 9.84 Å². The van der Waals surface area contributed by atoms with E-state index in [0.717, 1.165) is 50.0 Å². The Morgan fingerprint density at radius 2 is 1.97 bits per heavy atom. The highest BCUT2D eigenvalue weighted by Crippen LogP contribution is 2.36. The van der Waals surface area contributed by atoms with Crippen LogP contribution in [-0.2, 0) is 0 Å². The van der Waals surface area contributed by atoms with Crippen LogP contribution in [0.25, 0.3) is 10.9 Å². The zero-order chi connectivity index (χ0) is 23.8. The highest BCUT2D eigenvalue weighted by atomic mass is 19.3. The minimum Gasteiger partial charge on any atom is -0.491 e. The number of fused-ring (bicyclic) bond motifs is 1. The maximum atomic E-state index is 13.1. The molecule has 0 bridgehead atoms. The van der Waals surface area contributed by atoms with E-state index in [2.05, 4.69) is 5.32 Å². The van der Waals surface area contributed by atoms with Crippen LogP contribution in [0.5, 0.6) is 5.75 Å². The highest BCUT2D eigenvalue weighted by Gasteiger charge is 2.30. The first-order valence-corrected chi connectivity index (χ1v) is 11.6. The number of amides is 1. The quantitative estimate of drug-likeness (QED) is 0.356. The summed E-state index contributed by atoms with van der Waals surface area (Å²) >= 11 is 0. The number of aliphatic hydroxyl groups excluding tert-OH is 1. The number of aliphatic hydroxyl groups is 1. The second kappa shape index (κ2) is 9.17. The maximum Gasteiger partial charge on any atom is 0.325 e. The van der Waals surface area contributed by atoms with E-state index in [1.807, 2.05) is 10.9 Å². The van der Waals surface area contributed by atoms with Gasteiger partial charge in [-0.2, -0.15) is 13.9 Å². The number of rotatable bonds is 7. The van der Waals surface area contributed by atoms with Gasteiger partial charge in [-0.1, -0.05) is 0 Å². The van der Waals surface area contributed by atoms with Crippen molar-refractivity contribution in [3.63, 3.8) is 0 Å². The molecule has 2 saturated carbocycles. The molecule has 0 aliphatic heterocycles. The molecule has 2 aliphatic rings. The Labute approximate surface area is 194 Å². The van der Waals surface area contributed by atoms with Crippen molar-refractivity contribution in [1.29, 1.82) is 0 Å². The van der Waals surface area contributed by atoms with E-state index in [-0.39, 0.29) is 22.6 Å². The van der Waals surface area contributed by atoms with Gasteiger partial charge in [-0.15, -0.1) is 0 Å². The fourth-order valence-electron chi connectivity index (χ4n) is 4.33. The SMILES string of the molecule is O=C(Nc1cc2cn(C3CCC(O)CC3)nc2cc1OCC1CC1)c1cccc(C(F)F)[n+]1O. The molecule has 0 atom stereocenters. The monoisotopic (exact) mass is 473 g/mol. The second-order valence-electron chi connectivity index (χ2n) is 9.14. The highest BCUT2D eigenvalue weighted by molar-refractivity contribution is 6.04. The zero-order valence-electron chi connectivity index (χ0n) is 18.5. The molecule has 3 aromatic rings. The van der Waals surface area contributed by atoms with Crippen LogP contribution in [0.15, 0.2) is 36.5 Å². The lowest BCUT2D eigenvalue weighted by molar-refractivity contribution is -0.912. The Morgan fingerprint density at radius 3 is 2.68 bits per heavy atom. The average molecular weight is 474 g/mol. The Hall–Kier alpha value is -3.27. The number of carbonyl (C=O) groups excluding carboxylic acids is 1. The zero-order valence-corrected chi connectivity index (χ0v) is 18.5. The lowest BCUT2D eigenvalue weighted by atomic mass is 9.93. The summed E-state index contributed by atoms with van der Waals surface area (Å²) in [5.41, 5.74) is 0.0979. The molecule has 5 rings (SSSR count). The topological polar surface area (TPSA) is 100 Å². The van der Waals surface area contributed by atoms with E-state index < -0.39 is 18.0 Å². The molecule has 2 aliphatic carbocycles. The Kier molecular flexibility index (Phi) is 6.07. The number of benzene rings is 1. The predicted molar refractivity (Wildman–Crippen MR) is 118 cm³/mol. The molecule has 180 valence electrons. The van der Waals surface area contributed by atoms with Crippen molar-refractivity contribution < 1.29 is 33.4 Å². The molecule has 1 amide bonds. The number of aromatic nitrogens is 3. The van der Waals surface area contributed by atoms with E-state index in [1.54, 1.807) is 12.1 Å². The van der Waals surface area contributed by atoms with Crippen LogP contribution in [0.2, 0.25) is 0 Å². The van der Waals surface area contributed by atoms with E-state index in [1.165, 1.54) is 12.1 Å². The number of hydrogen-bond donors (Lipinski definition) is 3. The summed E-state index contributed by atoms with van der Waals surface area (Å²) < 4.78 is 34.4. The number of alkyl halides is 2. The Balaban J connectivity index is 1.45. The van der Waals surface area contributed by atoms with E-state index in [9.17, 15) is 23.9 Å². The molecule has 1 aromatic carbocycles. The molecule has 3 N–H and O–H groups in total. The van der Waals surface area contributed by atoms with Crippen molar-refractivity contribution in [2.75, 3.05) is 11.9 Å². The van der Waals surface area contributed by atoms with E-state index in [0.29, 0.717) is 29.5 Å². The van der Waals surface area contributed by atoms with Crippen LogP contribution in [-0.4, -0.2) is 38.7 Å². The van der Waals surface area contributed by atoms with Crippen LogP contribution < -0.4 is 14.8 Å². The van der Waals surface area contributed by atoms with E-state index >= 15 is 0 Å². The molecule has 8 nitrogen and oxygen atoms in total. The minimum absolute atomic E-state index is 0.190. The summed E-state index contributed by atoms with van der Waals surface area (Å²) in [6, 6.07) is 7.31. The van der Waals surface area contributed by atoms with Gasteiger partial charge in [-0.3, -0.25) is 14.7 Å². The third kappa shape index (κ3) is 4.68. The van der Waals surface area contributed by atoms with Crippen molar-refractivity contribution in [2.24, 2.45) is 5.92 Å². The van der Waals surface area contributed by atoms with Gasteiger partial charge in [0.1, 0.15) is 5.75 Å². The number of halogens is 2. The lowest BCUT2D eigenvalue weighted by Crippen LogP contribution is -2.43. The van der Waals surface area contributed by atoms with Crippen molar-refractivity contribution in [3.05, 3.63) is 47.9 Å². The van der Waals surface area contributed by atoms with Crippen LogP contribution in [0.3, 0.4) is 0 Å². The summed E-state index contributed by atoms with van der Waals surface area (Å²) in [6.45, 7) is 0.510. The average Bonchev–Trinajstić information content (AvgIpc) is 3.55. The van der Waals surface area contributed by atoms with Crippen LogP contribution in [0.1, 0.15) is 67.2 Å². The summed E-state index contributed by atoms with van der Waals surface area (Å²) in [5.74, 6) is 0.175. The third-order valence-corrected chi connectivity index (χ3v) is 6.53. The molecule has 34 heavy (non-hydrogen) atoms. The van der Waals surface area contributed by atoms with Crippen molar-refractivity contribution in [1.82, 2.24) is 9.78 Å². The molecule has 2 heterocycles. The van der Waals surface area contributed by atoms with Gasteiger partial charge in [0.15, 0.2) is 0 Å². The number of hydrogen-bond acceptors (Lipinski definition) is 5. The van der Waals surface area contributed by atoms with Crippen molar-refractivity contribution in [3.8, 4) is 5.75 Å². The summed E-state index contributed by atoms with van der Waals surface area (Å²) in [6.07, 6.45) is 4.03. The number of nitrogens with zero attached hydrogens (tertiary/aromatic N) is 3. The van der Waals surface area contributed by atoms with Gasteiger partial charge in [0.05, 0.1) is 30.0 Å². The van der Waals surface area contributed by atoms with Crippen LogP contribution >= 0.6 is 0 Å². The molecule has 2 fully saturated rings. The third-order valence-electron chi connectivity index (χ3n) is 6.53. The molecule has 0 radical (unpaired) electrons. The summed E-state index contributed by atoms with van der Waals surface area (Å²) in [7, 11) is 0. The van der Waals surface area contributed by atoms with Crippen molar-refractivity contribution in [2.45, 2.75) is 57.1 Å². The fourth-order valence-corrected chi connectivity index (χ4v) is 4.33. The largest absolute Gasteiger partial charge is 0.491 e. The molecule has 0 spiro atoms. The second-order valence-corrected chi connectivity index (χ2v) is 9.14. The number of carbonyl (C=O) groups is 1. The first-order chi connectivity index (χ1) is 16.4. The van der Waals surface area contributed by atoms with Gasteiger partial charge >= 0.3 is 23.7 Å². The number of nitrogens with one attached hydrogen (secondary N) is 1. The molecular weight excluding hydrogens is 446 g/mol. The smallest absolute Gasteiger partial charge is 0.325 e.